The molecule has 2 saturated heterocycles. The standard InChI is InChI=1S/C9H13N3OS/c1-6-10-9(13-11-6)4-12-3-8-2-7(12)5-14-8/h7-8H,2-5H2,1H3. The van der Waals surface area contributed by atoms with Gasteiger partial charge in [0.25, 0.3) is 0 Å². The number of fused-ring (bicyclic) bond motifs is 2. The maximum atomic E-state index is 5.12. The summed E-state index contributed by atoms with van der Waals surface area (Å²) in [6.45, 7) is 3.89. The zero-order chi connectivity index (χ0) is 9.54. The Morgan fingerprint density at radius 3 is 3.14 bits per heavy atom. The molecular weight excluding hydrogens is 198 g/mol. The summed E-state index contributed by atoms with van der Waals surface area (Å²) in [4.78, 5) is 6.70. The zero-order valence-electron chi connectivity index (χ0n) is 8.14. The fourth-order valence-electron chi connectivity index (χ4n) is 2.25. The maximum absolute atomic E-state index is 5.12. The zero-order valence-corrected chi connectivity index (χ0v) is 8.96. The van der Waals surface area contributed by atoms with Crippen molar-refractivity contribution < 1.29 is 4.52 Å². The highest BCUT2D eigenvalue weighted by Gasteiger charge is 2.38. The Labute approximate surface area is 87.0 Å². The number of nitrogens with zero attached hydrogens (tertiary/aromatic N) is 3. The van der Waals surface area contributed by atoms with Gasteiger partial charge in [-0.15, -0.1) is 0 Å². The van der Waals surface area contributed by atoms with Gasteiger partial charge in [0.15, 0.2) is 5.82 Å². The predicted octanol–water partition coefficient (Wildman–Crippen LogP) is 1.07. The molecule has 2 atom stereocenters. The first-order chi connectivity index (χ1) is 6.81. The quantitative estimate of drug-likeness (QED) is 0.732. The van der Waals surface area contributed by atoms with Gasteiger partial charge in [-0.05, 0) is 13.3 Å². The maximum Gasteiger partial charge on any atom is 0.240 e. The predicted molar refractivity (Wildman–Crippen MR) is 54.1 cm³/mol. The van der Waals surface area contributed by atoms with E-state index in [9.17, 15) is 0 Å². The Hall–Kier alpha value is -0.550. The summed E-state index contributed by atoms with van der Waals surface area (Å²) in [5.41, 5.74) is 0. The van der Waals surface area contributed by atoms with E-state index in [0.29, 0.717) is 0 Å². The molecule has 0 amide bonds. The van der Waals surface area contributed by atoms with Crippen LogP contribution in [0.15, 0.2) is 4.52 Å². The van der Waals surface area contributed by atoms with E-state index in [-0.39, 0.29) is 0 Å². The van der Waals surface area contributed by atoms with Crippen molar-refractivity contribution in [3.63, 3.8) is 0 Å². The van der Waals surface area contributed by atoms with Crippen LogP contribution in [0.4, 0.5) is 0 Å². The molecule has 76 valence electrons. The van der Waals surface area contributed by atoms with Gasteiger partial charge in [-0.25, -0.2) is 0 Å². The molecular formula is C9H13N3OS. The van der Waals surface area contributed by atoms with Gasteiger partial charge in [0.1, 0.15) is 0 Å². The molecule has 0 N–H and O–H groups in total. The van der Waals surface area contributed by atoms with Crippen LogP contribution in [0, 0.1) is 6.92 Å². The third-order valence-corrected chi connectivity index (χ3v) is 4.31. The molecule has 2 unspecified atom stereocenters. The van der Waals surface area contributed by atoms with Crippen molar-refractivity contribution >= 4 is 11.8 Å². The summed E-state index contributed by atoms with van der Waals surface area (Å²) in [7, 11) is 0. The van der Waals surface area contributed by atoms with Gasteiger partial charge in [0.05, 0.1) is 6.54 Å². The monoisotopic (exact) mass is 211 g/mol. The van der Waals surface area contributed by atoms with E-state index in [0.717, 1.165) is 29.6 Å². The Morgan fingerprint density at radius 1 is 1.64 bits per heavy atom. The Morgan fingerprint density at radius 2 is 2.57 bits per heavy atom. The smallest absolute Gasteiger partial charge is 0.240 e. The lowest BCUT2D eigenvalue weighted by atomic mass is 10.2. The molecule has 3 rings (SSSR count). The SMILES string of the molecule is Cc1noc(CN2CC3CC2CS3)n1. The number of hydrogen-bond donors (Lipinski definition) is 0. The molecule has 0 radical (unpaired) electrons. The summed E-state index contributed by atoms with van der Waals surface area (Å²) in [5.74, 6) is 2.77. The van der Waals surface area contributed by atoms with Crippen LogP contribution in [-0.4, -0.2) is 38.6 Å². The third kappa shape index (κ3) is 1.44. The molecule has 2 bridgehead atoms. The first-order valence-electron chi connectivity index (χ1n) is 4.96. The first-order valence-corrected chi connectivity index (χ1v) is 6.01. The normalized spacial score (nSPS) is 31.5. The van der Waals surface area contributed by atoms with Crippen molar-refractivity contribution in [2.45, 2.75) is 31.2 Å². The summed E-state index contributed by atoms with van der Waals surface area (Å²) < 4.78 is 5.12. The Kier molecular flexibility index (Phi) is 2.02. The van der Waals surface area contributed by atoms with Gasteiger partial charge in [0, 0.05) is 23.6 Å². The van der Waals surface area contributed by atoms with Crippen molar-refractivity contribution in [1.82, 2.24) is 15.0 Å². The van der Waals surface area contributed by atoms with Gasteiger partial charge in [-0.3, -0.25) is 4.90 Å². The molecule has 0 saturated carbocycles. The first kappa shape index (κ1) is 8.73. The van der Waals surface area contributed by atoms with Crippen LogP contribution < -0.4 is 0 Å². The number of likely N-dealkylation sites (tertiary alicyclic amines) is 1. The van der Waals surface area contributed by atoms with Gasteiger partial charge < -0.3 is 4.52 Å². The van der Waals surface area contributed by atoms with Crippen molar-refractivity contribution in [2.24, 2.45) is 0 Å². The topological polar surface area (TPSA) is 42.2 Å². The Bertz CT molecular complexity index is 341. The molecule has 14 heavy (non-hydrogen) atoms. The van der Waals surface area contributed by atoms with E-state index in [2.05, 4.69) is 26.8 Å². The van der Waals surface area contributed by atoms with Crippen molar-refractivity contribution in [2.75, 3.05) is 12.3 Å². The van der Waals surface area contributed by atoms with E-state index < -0.39 is 0 Å². The van der Waals surface area contributed by atoms with E-state index in [1.807, 2.05) is 6.92 Å². The molecule has 0 aliphatic carbocycles. The van der Waals surface area contributed by atoms with Crippen LogP contribution in [0.1, 0.15) is 18.1 Å². The lowest BCUT2D eigenvalue weighted by Gasteiger charge is -2.24. The minimum absolute atomic E-state index is 0.735. The third-order valence-electron chi connectivity index (χ3n) is 2.92. The van der Waals surface area contributed by atoms with Gasteiger partial charge >= 0.3 is 0 Å². The summed E-state index contributed by atoms with van der Waals surface area (Å²) in [6.07, 6.45) is 1.35. The molecule has 5 heteroatoms. The van der Waals surface area contributed by atoms with Gasteiger partial charge in [-0.2, -0.15) is 16.7 Å². The molecule has 0 aromatic carbocycles. The molecule has 1 aromatic rings. The minimum atomic E-state index is 0.735. The summed E-state index contributed by atoms with van der Waals surface area (Å²) in [6, 6.07) is 0.747. The lowest BCUT2D eigenvalue weighted by molar-refractivity contribution is 0.222. The van der Waals surface area contributed by atoms with Crippen LogP contribution in [0.25, 0.3) is 0 Å². The number of hydrogen-bond acceptors (Lipinski definition) is 5. The summed E-state index contributed by atoms with van der Waals surface area (Å²) >= 11 is 2.10. The van der Waals surface area contributed by atoms with Crippen molar-refractivity contribution in [1.29, 1.82) is 0 Å². The van der Waals surface area contributed by atoms with Crippen LogP contribution in [0.3, 0.4) is 0 Å². The molecule has 4 nitrogen and oxygen atoms in total. The highest BCUT2D eigenvalue weighted by Crippen LogP contribution is 2.37. The summed E-state index contributed by atoms with van der Waals surface area (Å²) in [5, 5.41) is 4.65. The highest BCUT2D eigenvalue weighted by molar-refractivity contribution is 8.00. The van der Waals surface area contributed by atoms with Crippen LogP contribution in [0.5, 0.6) is 0 Å². The van der Waals surface area contributed by atoms with E-state index in [1.165, 1.54) is 18.7 Å². The average molecular weight is 211 g/mol. The second-order valence-corrected chi connectivity index (χ2v) is 5.34. The second-order valence-electron chi connectivity index (χ2n) is 4.01. The van der Waals surface area contributed by atoms with Crippen molar-refractivity contribution in [3.8, 4) is 0 Å². The molecule has 3 heterocycles. The fraction of sp³-hybridized carbons (Fsp3) is 0.778. The lowest BCUT2D eigenvalue weighted by Crippen LogP contribution is -2.33. The number of rotatable bonds is 2. The molecule has 0 spiro atoms. The number of aromatic nitrogens is 2. The van der Waals surface area contributed by atoms with E-state index in [4.69, 9.17) is 4.52 Å². The van der Waals surface area contributed by atoms with Crippen LogP contribution in [-0.2, 0) is 6.54 Å². The largest absolute Gasteiger partial charge is 0.338 e. The van der Waals surface area contributed by atoms with E-state index >= 15 is 0 Å². The fourth-order valence-corrected chi connectivity index (χ4v) is 3.75. The van der Waals surface area contributed by atoms with Gasteiger partial charge in [0.2, 0.25) is 5.89 Å². The minimum Gasteiger partial charge on any atom is -0.338 e. The molecule has 2 aliphatic rings. The van der Waals surface area contributed by atoms with E-state index in [1.54, 1.807) is 0 Å². The Balaban J connectivity index is 1.68. The highest BCUT2D eigenvalue weighted by atomic mass is 32.2. The average Bonchev–Trinajstić information content (AvgIpc) is 2.82. The van der Waals surface area contributed by atoms with Crippen LogP contribution in [0.2, 0.25) is 0 Å². The van der Waals surface area contributed by atoms with Crippen LogP contribution >= 0.6 is 11.8 Å². The molecule has 2 fully saturated rings. The number of aryl methyl sites for hydroxylation is 1. The molecule has 1 aromatic heterocycles. The van der Waals surface area contributed by atoms with Crippen molar-refractivity contribution in [3.05, 3.63) is 11.7 Å². The molecule has 2 aliphatic heterocycles. The number of thioether (sulfide) groups is 1. The second kappa shape index (κ2) is 3.24. The van der Waals surface area contributed by atoms with Gasteiger partial charge in [-0.1, -0.05) is 5.16 Å².